The molecule has 2 aliphatic rings. The highest BCUT2D eigenvalue weighted by atomic mass is 15.0. The summed E-state index contributed by atoms with van der Waals surface area (Å²) in [6.45, 7) is 7.35. The molecule has 0 aromatic carbocycles. The summed E-state index contributed by atoms with van der Waals surface area (Å²) in [5.41, 5.74) is 0.652. The smallest absolute Gasteiger partial charge is 0.0281 e. The van der Waals surface area contributed by atoms with Gasteiger partial charge in [-0.2, -0.15) is 0 Å². The monoisotopic (exact) mass is 123 g/mol. The Kier molecular flexibility index (Phi) is 0.854. The Morgan fingerprint density at radius 1 is 1.78 bits per heavy atom. The first-order chi connectivity index (χ1) is 4.26. The van der Waals surface area contributed by atoms with E-state index in [0.717, 1.165) is 5.92 Å². The van der Waals surface area contributed by atoms with Crippen LogP contribution in [0.2, 0.25) is 0 Å². The van der Waals surface area contributed by atoms with Crippen molar-refractivity contribution < 1.29 is 0 Å². The van der Waals surface area contributed by atoms with Gasteiger partial charge in [-0.1, -0.05) is 13.0 Å². The third-order valence-corrected chi connectivity index (χ3v) is 2.85. The molecule has 1 saturated carbocycles. The van der Waals surface area contributed by atoms with Crippen molar-refractivity contribution in [3.63, 3.8) is 0 Å². The van der Waals surface area contributed by atoms with Crippen molar-refractivity contribution in [3.8, 4) is 0 Å². The van der Waals surface area contributed by atoms with Crippen molar-refractivity contribution in [3.05, 3.63) is 12.7 Å². The molecule has 0 amide bonds. The van der Waals surface area contributed by atoms with Gasteiger partial charge in [-0.3, -0.25) is 0 Å². The van der Waals surface area contributed by atoms with E-state index in [-0.39, 0.29) is 0 Å². The fourth-order valence-electron chi connectivity index (χ4n) is 1.95. The number of hydrogen-bond donors (Lipinski definition) is 1. The van der Waals surface area contributed by atoms with E-state index < -0.39 is 0 Å². The summed E-state index contributed by atoms with van der Waals surface area (Å²) in [4.78, 5) is 0. The van der Waals surface area contributed by atoms with Crippen LogP contribution in [0.5, 0.6) is 0 Å². The third-order valence-electron chi connectivity index (χ3n) is 2.85. The number of fused-ring (bicyclic) bond motifs is 1. The Bertz CT molecular complexity index is 153. The highest BCUT2D eigenvalue weighted by Gasteiger charge is 2.57. The fourth-order valence-corrected chi connectivity index (χ4v) is 1.95. The fraction of sp³-hybridized carbons (Fsp3) is 0.750. The van der Waals surface area contributed by atoms with Crippen LogP contribution in [0.4, 0.5) is 0 Å². The zero-order valence-corrected chi connectivity index (χ0v) is 5.85. The lowest BCUT2D eigenvalue weighted by molar-refractivity contribution is 0.573. The lowest BCUT2D eigenvalue weighted by atomic mass is 10.1. The summed E-state index contributed by atoms with van der Waals surface area (Å²) in [5, 5.41) is 3.43. The quantitative estimate of drug-likeness (QED) is 0.516. The van der Waals surface area contributed by atoms with E-state index in [0.29, 0.717) is 11.5 Å². The molecule has 1 saturated heterocycles. The van der Waals surface area contributed by atoms with Crippen molar-refractivity contribution in [1.29, 1.82) is 0 Å². The molecule has 0 aromatic rings. The first-order valence-corrected chi connectivity index (χ1v) is 3.62. The van der Waals surface area contributed by atoms with Crippen LogP contribution in [0, 0.1) is 11.3 Å². The predicted molar refractivity (Wildman–Crippen MR) is 38.2 cm³/mol. The number of piperidine rings is 1. The van der Waals surface area contributed by atoms with Crippen molar-refractivity contribution in [2.45, 2.75) is 19.4 Å². The van der Waals surface area contributed by atoms with Crippen LogP contribution in [0.25, 0.3) is 0 Å². The van der Waals surface area contributed by atoms with Gasteiger partial charge in [0.1, 0.15) is 0 Å². The second-order valence-corrected chi connectivity index (χ2v) is 3.61. The molecule has 1 aliphatic heterocycles. The van der Waals surface area contributed by atoms with E-state index in [9.17, 15) is 0 Å². The summed E-state index contributed by atoms with van der Waals surface area (Å²) in [7, 11) is 0. The lowest BCUT2D eigenvalue weighted by Crippen LogP contribution is -2.23. The Labute approximate surface area is 56.1 Å². The molecule has 1 heterocycles. The maximum atomic E-state index is 3.79. The molecule has 2 rings (SSSR count). The highest BCUT2D eigenvalue weighted by molar-refractivity contribution is 5.15. The first-order valence-electron chi connectivity index (χ1n) is 3.62. The van der Waals surface area contributed by atoms with Crippen LogP contribution in [0.1, 0.15) is 13.3 Å². The molecule has 0 bridgehead atoms. The van der Waals surface area contributed by atoms with Crippen molar-refractivity contribution in [1.82, 2.24) is 5.32 Å². The number of hydrogen-bond acceptors (Lipinski definition) is 1. The van der Waals surface area contributed by atoms with Crippen LogP contribution in [0.15, 0.2) is 12.7 Å². The van der Waals surface area contributed by atoms with Crippen LogP contribution < -0.4 is 5.32 Å². The first kappa shape index (κ1) is 5.48. The predicted octanol–water partition coefficient (Wildman–Crippen LogP) is 1.17. The third kappa shape index (κ3) is 0.584. The average molecular weight is 123 g/mol. The number of rotatable bonds is 1. The zero-order chi connectivity index (χ0) is 6.48. The summed E-state index contributed by atoms with van der Waals surface area (Å²) in [5.74, 6) is 0.912. The summed E-state index contributed by atoms with van der Waals surface area (Å²) in [6.07, 6.45) is 3.46. The summed E-state index contributed by atoms with van der Waals surface area (Å²) in [6, 6.07) is 0.620. The Morgan fingerprint density at radius 2 is 2.56 bits per heavy atom. The molecule has 9 heavy (non-hydrogen) atoms. The van der Waals surface area contributed by atoms with Crippen LogP contribution in [0.3, 0.4) is 0 Å². The highest BCUT2D eigenvalue weighted by Crippen LogP contribution is 2.57. The molecule has 1 N–H and O–H groups in total. The Balaban J connectivity index is 2.12. The normalized spacial score (nSPS) is 54.8. The largest absolute Gasteiger partial charge is 0.310 e. The van der Waals surface area contributed by atoms with E-state index in [1.165, 1.54) is 13.0 Å². The zero-order valence-electron chi connectivity index (χ0n) is 5.85. The van der Waals surface area contributed by atoms with Crippen molar-refractivity contribution in [2.75, 3.05) is 6.54 Å². The van der Waals surface area contributed by atoms with Crippen LogP contribution in [-0.2, 0) is 0 Å². The van der Waals surface area contributed by atoms with Gasteiger partial charge in [0.2, 0.25) is 0 Å². The molecule has 2 fully saturated rings. The van der Waals surface area contributed by atoms with Crippen molar-refractivity contribution >= 4 is 0 Å². The van der Waals surface area contributed by atoms with E-state index in [2.05, 4.69) is 18.8 Å². The average Bonchev–Trinajstić information content (AvgIpc) is 2.39. The van der Waals surface area contributed by atoms with Gasteiger partial charge in [0.25, 0.3) is 0 Å². The van der Waals surface area contributed by atoms with Gasteiger partial charge in [-0.05, 0) is 17.8 Å². The second-order valence-electron chi connectivity index (χ2n) is 3.61. The Morgan fingerprint density at radius 3 is 2.78 bits per heavy atom. The molecule has 0 radical (unpaired) electrons. The maximum absolute atomic E-state index is 3.79. The molecule has 1 nitrogen and oxygen atoms in total. The lowest BCUT2D eigenvalue weighted by Gasteiger charge is -2.04. The van der Waals surface area contributed by atoms with E-state index >= 15 is 0 Å². The topological polar surface area (TPSA) is 12.0 Å². The molecule has 0 spiro atoms. The van der Waals surface area contributed by atoms with Crippen molar-refractivity contribution in [2.24, 2.45) is 11.3 Å². The van der Waals surface area contributed by atoms with Gasteiger partial charge in [-0.15, -0.1) is 6.58 Å². The number of nitrogens with one attached hydrogen (secondary N) is 1. The minimum absolute atomic E-state index is 0.620. The SMILES string of the molecule is C=C[C@H]1NC[C@]2(C)C[C@H]12. The molecule has 0 unspecified atom stereocenters. The Hall–Kier alpha value is -0.300. The van der Waals surface area contributed by atoms with E-state index in [1.807, 2.05) is 6.08 Å². The standard InChI is InChI=1S/C8H13N/c1-3-7-6-4-8(6,2)5-9-7/h3,6-7,9H,1,4-5H2,2H3/t6-,7-,8+/m1/s1. The molecule has 1 aliphatic carbocycles. The van der Waals surface area contributed by atoms with Gasteiger partial charge >= 0.3 is 0 Å². The second kappa shape index (κ2) is 1.40. The summed E-state index contributed by atoms with van der Waals surface area (Å²) >= 11 is 0. The maximum Gasteiger partial charge on any atom is 0.0281 e. The van der Waals surface area contributed by atoms with E-state index in [4.69, 9.17) is 0 Å². The van der Waals surface area contributed by atoms with Gasteiger partial charge in [-0.25, -0.2) is 0 Å². The molecule has 1 heteroatoms. The van der Waals surface area contributed by atoms with Gasteiger partial charge < -0.3 is 5.32 Å². The minimum atomic E-state index is 0.620. The molecule has 0 aromatic heterocycles. The van der Waals surface area contributed by atoms with Gasteiger partial charge in [0.05, 0.1) is 0 Å². The van der Waals surface area contributed by atoms with Crippen LogP contribution in [-0.4, -0.2) is 12.6 Å². The van der Waals surface area contributed by atoms with E-state index in [1.54, 1.807) is 0 Å². The molecular weight excluding hydrogens is 110 g/mol. The van der Waals surface area contributed by atoms with Crippen LogP contribution >= 0.6 is 0 Å². The summed E-state index contributed by atoms with van der Waals surface area (Å²) < 4.78 is 0. The van der Waals surface area contributed by atoms with Gasteiger partial charge in [0.15, 0.2) is 0 Å². The molecule has 50 valence electrons. The molecule has 3 atom stereocenters. The molecular formula is C8H13N. The van der Waals surface area contributed by atoms with Gasteiger partial charge in [0, 0.05) is 12.6 Å². The minimum Gasteiger partial charge on any atom is -0.310 e.